The summed E-state index contributed by atoms with van der Waals surface area (Å²) in [5, 5.41) is 11.0. The van der Waals surface area contributed by atoms with Gasteiger partial charge in [0.1, 0.15) is 5.82 Å². The molecule has 0 unspecified atom stereocenters. The minimum absolute atomic E-state index is 0.0601. The maximum absolute atomic E-state index is 13.4. The lowest BCUT2D eigenvalue weighted by Gasteiger charge is -2.04. The number of carbonyl (C=O) groups excluding carboxylic acids is 1. The Morgan fingerprint density at radius 2 is 2.06 bits per heavy atom. The van der Waals surface area contributed by atoms with Crippen molar-refractivity contribution in [2.75, 3.05) is 5.32 Å². The van der Waals surface area contributed by atoms with Gasteiger partial charge in [-0.2, -0.15) is 0 Å². The van der Waals surface area contributed by atoms with Crippen molar-refractivity contribution in [1.82, 2.24) is 0 Å². The van der Waals surface area contributed by atoms with Crippen LogP contribution in [0.15, 0.2) is 42.5 Å². The van der Waals surface area contributed by atoms with Crippen LogP contribution in [0.1, 0.15) is 17.3 Å². The summed E-state index contributed by atoms with van der Waals surface area (Å²) in [4.78, 5) is 21.9. The van der Waals surface area contributed by atoms with Gasteiger partial charge in [0.15, 0.2) is 0 Å². The summed E-state index contributed by atoms with van der Waals surface area (Å²) in [6.07, 6.45) is 6.15. The van der Waals surface area contributed by atoms with Crippen LogP contribution in [-0.2, 0) is 4.79 Å². The van der Waals surface area contributed by atoms with Crippen LogP contribution in [0, 0.1) is 5.82 Å². The van der Waals surface area contributed by atoms with Crippen molar-refractivity contribution in [3.63, 3.8) is 0 Å². The van der Waals surface area contributed by atoms with E-state index in [9.17, 15) is 14.0 Å². The molecule has 1 aromatic rings. The standard InChI is InChI=1S/C13H12FNO3/c1-2-3-4-5-12(16)15-11-7-6-9(13(17)18)8-10(11)14/h2-8H,1H3,(H,15,16)(H,17,18)/b3-2+,5-4+. The van der Waals surface area contributed by atoms with E-state index in [1.165, 1.54) is 24.3 Å². The van der Waals surface area contributed by atoms with Gasteiger partial charge >= 0.3 is 5.97 Å². The number of hydrogen-bond acceptors (Lipinski definition) is 2. The van der Waals surface area contributed by atoms with E-state index in [1.807, 2.05) is 0 Å². The first-order valence-corrected chi connectivity index (χ1v) is 5.17. The van der Waals surface area contributed by atoms with Gasteiger partial charge in [-0.25, -0.2) is 9.18 Å². The summed E-state index contributed by atoms with van der Waals surface area (Å²) >= 11 is 0. The number of amides is 1. The molecule has 1 aromatic carbocycles. The van der Waals surface area contributed by atoms with Crippen LogP contribution in [0.25, 0.3) is 0 Å². The van der Waals surface area contributed by atoms with Crippen LogP contribution in [0.4, 0.5) is 10.1 Å². The van der Waals surface area contributed by atoms with Gasteiger partial charge in [0, 0.05) is 6.08 Å². The van der Waals surface area contributed by atoms with Crippen molar-refractivity contribution >= 4 is 17.6 Å². The number of halogens is 1. The summed E-state index contributed by atoms with van der Waals surface area (Å²) in [7, 11) is 0. The van der Waals surface area contributed by atoms with Gasteiger partial charge in [0.05, 0.1) is 11.3 Å². The lowest BCUT2D eigenvalue weighted by Crippen LogP contribution is -2.10. The van der Waals surface area contributed by atoms with E-state index in [0.717, 1.165) is 6.07 Å². The zero-order chi connectivity index (χ0) is 13.5. The molecule has 0 aliphatic rings. The van der Waals surface area contributed by atoms with E-state index >= 15 is 0 Å². The largest absolute Gasteiger partial charge is 0.478 e. The lowest BCUT2D eigenvalue weighted by atomic mass is 10.2. The number of rotatable bonds is 4. The van der Waals surface area contributed by atoms with Crippen molar-refractivity contribution < 1.29 is 19.1 Å². The lowest BCUT2D eigenvalue weighted by molar-refractivity contribution is -0.111. The molecule has 1 rings (SSSR count). The van der Waals surface area contributed by atoms with Gasteiger partial charge in [-0.05, 0) is 25.1 Å². The van der Waals surface area contributed by atoms with Crippen LogP contribution < -0.4 is 5.32 Å². The van der Waals surface area contributed by atoms with Crippen molar-refractivity contribution in [3.8, 4) is 0 Å². The number of allylic oxidation sites excluding steroid dienone is 3. The maximum Gasteiger partial charge on any atom is 0.335 e. The highest BCUT2D eigenvalue weighted by Gasteiger charge is 2.09. The summed E-state index contributed by atoms with van der Waals surface area (Å²) in [5.41, 5.74) is -0.231. The number of anilines is 1. The van der Waals surface area contributed by atoms with Crippen molar-refractivity contribution in [2.45, 2.75) is 6.92 Å². The third kappa shape index (κ3) is 3.86. The average Bonchev–Trinajstić information content (AvgIpc) is 2.32. The number of hydrogen-bond donors (Lipinski definition) is 2. The number of nitrogens with one attached hydrogen (secondary N) is 1. The highest BCUT2D eigenvalue weighted by atomic mass is 19.1. The highest BCUT2D eigenvalue weighted by molar-refractivity contribution is 5.99. The van der Waals surface area contributed by atoms with E-state index in [-0.39, 0.29) is 11.3 Å². The fourth-order valence-corrected chi connectivity index (χ4v) is 1.18. The van der Waals surface area contributed by atoms with Crippen molar-refractivity contribution in [3.05, 3.63) is 53.9 Å². The molecule has 5 heteroatoms. The van der Waals surface area contributed by atoms with E-state index in [1.54, 1.807) is 19.1 Å². The smallest absolute Gasteiger partial charge is 0.335 e. The third-order valence-electron chi connectivity index (χ3n) is 2.03. The number of benzene rings is 1. The van der Waals surface area contributed by atoms with Crippen LogP contribution in [0.2, 0.25) is 0 Å². The number of aromatic carboxylic acids is 1. The second-order valence-electron chi connectivity index (χ2n) is 3.37. The molecule has 0 aliphatic heterocycles. The normalized spacial score (nSPS) is 11.0. The number of carboxylic acid groups (broad SMARTS) is 1. The minimum Gasteiger partial charge on any atom is -0.478 e. The molecule has 0 atom stereocenters. The summed E-state index contributed by atoms with van der Waals surface area (Å²) in [6, 6.07) is 3.28. The summed E-state index contributed by atoms with van der Waals surface area (Å²) in [5.74, 6) is -2.50. The molecule has 1 amide bonds. The van der Waals surface area contributed by atoms with Gasteiger partial charge in [-0.15, -0.1) is 0 Å². The Kier molecular flexibility index (Phi) is 4.80. The molecule has 0 heterocycles. The van der Waals surface area contributed by atoms with E-state index < -0.39 is 17.7 Å². The monoisotopic (exact) mass is 249 g/mol. The molecule has 2 N–H and O–H groups in total. The molecule has 0 saturated heterocycles. The second-order valence-corrected chi connectivity index (χ2v) is 3.37. The molecule has 0 radical (unpaired) electrons. The molecule has 18 heavy (non-hydrogen) atoms. The topological polar surface area (TPSA) is 66.4 Å². The number of carbonyl (C=O) groups is 2. The average molecular weight is 249 g/mol. The van der Waals surface area contributed by atoms with Gasteiger partial charge in [0.2, 0.25) is 5.91 Å². The summed E-state index contributed by atoms with van der Waals surface area (Å²) < 4.78 is 13.4. The maximum atomic E-state index is 13.4. The van der Waals surface area contributed by atoms with Gasteiger partial charge < -0.3 is 10.4 Å². The van der Waals surface area contributed by atoms with Gasteiger partial charge in [-0.1, -0.05) is 18.2 Å². The molecule has 4 nitrogen and oxygen atoms in total. The predicted molar refractivity (Wildman–Crippen MR) is 65.9 cm³/mol. The Morgan fingerprint density at radius 1 is 1.33 bits per heavy atom. The molecule has 0 saturated carbocycles. The molecule has 0 aliphatic carbocycles. The molecular formula is C13H12FNO3. The third-order valence-corrected chi connectivity index (χ3v) is 2.03. The molecule has 0 fully saturated rings. The molecule has 94 valence electrons. The zero-order valence-electron chi connectivity index (χ0n) is 9.68. The minimum atomic E-state index is -1.22. The Bertz CT molecular complexity index is 521. The van der Waals surface area contributed by atoms with Crippen LogP contribution in [0.5, 0.6) is 0 Å². The predicted octanol–water partition coefficient (Wildman–Crippen LogP) is 2.59. The first-order chi connectivity index (χ1) is 8.54. The fraction of sp³-hybridized carbons (Fsp3) is 0.0769. The molecular weight excluding hydrogens is 237 g/mol. The highest BCUT2D eigenvalue weighted by Crippen LogP contribution is 2.15. The first-order valence-electron chi connectivity index (χ1n) is 5.17. The van der Waals surface area contributed by atoms with Crippen LogP contribution in [0.3, 0.4) is 0 Å². The zero-order valence-corrected chi connectivity index (χ0v) is 9.68. The number of carboxylic acids is 1. The van der Waals surface area contributed by atoms with E-state index in [4.69, 9.17) is 5.11 Å². The Hall–Kier alpha value is -2.43. The van der Waals surface area contributed by atoms with Gasteiger partial charge in [0.25, 0.3) is 0 Å². The molecule has 0 aromatic heterocycles. The van der Waals surface area contributed by atoms with E-state index in [2.05, 4.69) is 5.32 Å². The molecule has 0 spiro atoms. The summed E-state index contributed by atoms with van der Waals surface area (Å²) in [6.45, 7) is 1.80. The van der Waals surface area contributed by atoms with Crippen LogP contribution in [-0.4, -0.2) is 17.0 Å². The van der Waals surface area contributed by atoms with E-state index in [0.29, 0.717) is 0 Å². The van der Waals surface area contributed by atoms with Gasteiger partial charge in [-0.3, -0.25) is 4.79 Å². The van der Waals surface area contributed by atoms with Crippen molar-refractivity contribution in [1.29, 1.82) is 0 Å². The molecule has 0 bridgehead atoms. The SMILES string of the molecule is C/C=C/C=C/C(=O)Nc1ccc(C(=O)O)cc1F. The van der Waals surface area contributed by atoms with Crippen LogP contribution >= 0.6 is 0 Å². The first kappa shape index (κ1) is 13.6. The second kappa shape index (κ2) is 6.34. The fourth-order valence-electron chi connectivity index (χ4n) is 1.18. The van der Waals surface area contributed by atoms with Crippen molar-refractivity contribution in [2.24, 2.45) is 0 Å². The Labute approximate surface area is 103 Å². The quantitative estimate of drug-likeness (QED) is 0.636. The Morgan fingerprint density at radius 3 is 2.61 bits per heavy atom. The Balaban J connectivity index is 2.79.